The van der Waals surface area contributed by atoms with Gasteiger partial charge in [0.25, 0.3) is 0 Å². The molecule has 1 atom stereocenters. The summed E-state index contributed by atoms with van der Waals surface area (Å²) in [5, 5.41) is 3.13. The topological polar surface area (TPSA) is 64.6 Å². The van der Waals surface area contributed by atoms with Gasteiger partial charge in [0.2, 0.25) is 12.7 Å². The molecule has 0 saturated heterocycles. The van der Waals surface area contributed by atoms with Gasteiger partial charge >= 0.3 is 0 Å². The number of amides is 1. The van der Waals surface area contributed by atoms with Gasteiger partial charge in [-0.2, -0.15) is 0 Å². The Morgan fingerprint density at radius 3 is 3.00 bits per heavy atom. The highest BCUT2D eigenvalue weighted by Gasteiger charge is 2.19. The van der Waals surface area contributed by atoms with Gasteiger partial charge in [0.15, 0.2) is 11.5 Å². The molecule has 1 N–H and O–H groups in total. The van der Waals surface area contributed by atoms with Crippen molar-refractivity contribution in [3.05, 3.63) is 22.7 Å². The Balaban J connectivity index is 1.95. The average Bonchev–Trinajstić information content (AvgIpc) is 2.84. The standard InChI is InChI=1S/C13H16ClNO4S/c1-2-3-15-12(16)7-20(17)6-9-4-10(14)13-11(5-9)18-8-19-13/h4-5H,2-3,6-8H2,1H3,(H,15,16)/t20-/m0/s1. The molecule has 0 saturated carbocycles. The van der Waals surface area contributed by atoms with Gasteiger partial charge in [0.1, 0.15) is 5.75 Å². The predicted molar refractivity (Wildman–Crippen MR) is 77.6 cm³/mol. The van der Waals surface area contributed by atoms with E-state index in [4.69, 9.17) is 21.1 Å². The number of nitrogens with one attached hydrogen (secondary N) is 1. The monoisotopic (exact) mass is 317 g/mol. The molecule has 1 aliphatic rings. The summed E-state index contributed by atoms with van der Waals surface area (Å²) >= 11 is 6.05. The maximum Gasteiger partial charge on any atom is 0.232 e. The van der Waals surface area contributed by atoms with Crippen molar-refractivity contribution in [3.63, 3.8) is 0 Å². The lowest BCUT2D eigenvalue weighted by Crippen LogP contribution is -2.29. The molecule has 0 bridgehead atoms. The van der Waals surface area contributed by atoms with E-state index in [-0.39, 0.29) is 24.2 Å². The molecule has 0 aliphatic carbocycles. The van der Waals surface area contributed by atoms with Crippen molar-refractivity contribution in [2.75, 3.05) is 19.1 Å². The van der Waals surface area contributed by atoms with Gasteiger partial charge in [0, 0.05) is 23.1 Å². The van der Waals surface area contributed by atoms with Crippen molar-refractivity contribution in [1.29, 1.82) is 0 Å². The van der Waals surface area contributed by atoms with E-state index < -0.39 is 10.8 Å². The zero-order valence-corrected chi connectivity index (χ0v) is 12.7. The normalized spacial score (nSPS) is 14.1. The zero-order chi connectivity index (χ0) is 14.5. The summed E-state index contributed by atoms with van der Waals surface area (Å²) in [5.41, 5.74) is 0.765. The van der Waals surface area contributed by atoms with Gasteiger partial charge in [-0.15, -0.1) is 0 Å². The van der Waals surface area contributed by atoms with E-state index in [1.807, 2.05) is 6.92 Å². The van der Waals surface area contributed by atoms with Crippen LogP contribution in [0.3, 0.4) is 0 Å². The number of hydrogen-bond donors (Lipinski definition) is 1. The minimum Gasteiger partial charge on any atom is -0.454 e. The van der Waals surface area contributed by atoms with E-state index in [2.05, 4.69) is 5.32 Å². The number of halogens is 1. The highest BCUT2D eigenvalue weighted by Crippen LogP contribution is 2.39. The Morgan fingerprint density at radius 2 is 2.25 bits per heavy atom. The lowest BCUT2D eigenvalue weighted by molar-refractivity contribution is -0.118. The Bertz CT molecular complexity index is 535. The molecule has 0 spiro atoms. The number of carbonyl (C=O) groups is 1. The fraction of sp³-hybridized carbons (Fsp3) is 0.462. The third kappa shape index (κ3) is 3.86. The second-order valence-electron chi connectivity index (χ2n) is 4.39. The van der Waals surface area contributed by atoms with E-state index in [9.17, 15) is 9.00 Å². The van der Waals surface area contributed by atoms with Crippen LogP contribution in [-0.4, -0.2) is 29.2 Å². The van der Waals surface area contributed by atoms with Crippen LogP contribution >= 0.6 is 11.6 Å². The van der Waals surface area contributed by atoms with Crippen LogP contribution < -0.4 is 14.8 Å². The van der Waals surface area contributed by atoms with Crippen LogP contribution in [0.4, 0.5) is 0 Å². The van der Waals surface area contributed by atoms with Crippen molar-refractivity contribution < 1.29 is 18.5 Å². The van der Waals surface area contributed by atoms with E-state index in [0.717, 1.165) is 12.0 Å². The molecule has 0 fully saturated rings. The maximum atomic E-state index is 11.9. The quantitative estimate of drug-likeness (QED) is 0.869. The van der Waals surface area contributed by atoms with Crippen molar-refractivity contribution >= 4 is 28.3 Å². The summed E-state index contributed by atoms with van der Waals surface area (Å²) in [5.74, 6) is 1.13. The van der Waals surface area contributed by atoms with Crippen LogP contribution in [0.25, 0.3) is 0 Å². The molecule has 1 aromatic carbocycles. The third-order valence-electron chi connectivity index (χ3n) is 2.68. The first-order valence-corrected chi connectivity index (χ1v) is 8.16. The SMILES string of the molecule is CCCNC(=O)C[S@@](=O)Cc1cc(Cl)c2c(c1)OCO2. The summed E-state index contributed by atoms with van der Waals surface area (Å²) in [6.45, 7) is 2.71. The third-order valence-corrected chi connectivity index (χ3v) is 4.20. The largest absolute Gasteiger partial charge is 0.454 e. The number of rotatable bonds is 6. The average molecular weight is 318 g/mol. The van der Waals surface area contributed by atoms with Crippen molar-refractivity contribution in [1.82, 2.24) is 5.32 Å². The van der Waals surface area contributed by atoms with Gasteiger partial charge in [-0.3, -0.25) is 9.00 Å². The number of fused-ring (bicyclic) bond motifs is 1. The molecule has 1 aliphatic heterocycles. The number of ether oxygens (including phenoxy) is 2. The second-order valence-corrected chi connectivity index (χ2v) is 6.25. The fourth-order valence-corrected chi connectivity index (χ4v) is 3.13. The molecule has 20 heavy (non-hydrogen) atoms. The smallest absolute Gasteiger partial charge is 0.232 e. The molecule has 1 aromatic rings. The van der Waals surface area contributed by atoms with E-state index in [1.54, 1.807) is 12.1 Å². The Morgan fingerprint density at radius 1 is 1.45 bits per heavy atom. The van der Waals surface area contributed by atoms with Gasteiger partial charge in [-0.25, -0.2) is 0 Å². The molecule has 5 nitrogen and oxygen atoms in total. The summed E-state index contributed by atoms with van der Waals surface area (Å²) in [7, 11) is -1.28. The van der Waals surface area contributed by atoms with Crippen LogP contribution in [0.5, 0.6) is 11.5 Å². The van der Waals surface area contributed by atoms with Gasteiger partial charge in [-0.05, 0) is 24.1 Å². The first-order valence-electron chi connectivity index (χ1n) is 6.30. The minimum absolute atomic E-state index is 0.00788. The fourth-order valence-electron chi connectivity index (χ4n) is 1.80. The number of hydrogen-bond acceptors (Lipinski definition) is 4. The van der Waals surface area contributed by atoms with Crippen molar-refractivity contribution in [2.24, 2.45) is 0 Å². The molecular formula is C13H16ClNO4S. The Hall–Kier alpha value is -1.27. The summed E-state index contributed by atoms with van der Waals surface area (Å²) in [4.78, 5) is 11.5. The molecule has 0 unspecified atom stereocenters. The minimum atomic E-state index is -1.28. The molecule has 1 amide bonds. The van der Waals surface area contributed by atoms with Gasteiger partial charge < -0.3 is 14.8 Å². The first kappa shape index (κ1) is 15.1. The van der Waals surface area contributed by atoms with Crippen LogP contribution in [0.2, 0.25) is 5.02 Å². The molecule has 1 heterocycles. The Labute approximate surface area is 125 Å². The number of carbonyl (C=O) groups excluding carboxylic acids is 1. The van der Waals surface area contributed by atoms with Crippen molar-refractivity contribution in [3.8, 4) is 11.5 Å². The second kappa shape index (κ2) is 6.95. The molecule has 2 rings (SSSR count). The van der Waals surface area contributed by atoms with Crippen LogP contribution in [0.15, 0.2) is 12.1 Å². The number of benzene rings is 1. The van der Waals surface area contributed by atoms with Crippen molar-refractivity contribution in [2.45, 2.75) is 19.1 Å². The van der Waals surface area contributed by atoms with E-state index in [0.29, 0.717) is 23.1 Å². The lowest BCUT2D eigenvalue weighted by atomic mass is 10.2. The van der Waals surface area contributed by atoms with Crippen LogP contribution in [0, 0.1) is 0 Å². The molecule has 0 radical (unpaired) electrons. The van der Waals surface area contributed by atoms with Crippen LogP contribution in [0.1, 0.15) is 18.9 Å². The summed E-state index contributed by atoms with van der Waals surface area (Å²) in [6, 6.07) is 3.44. The molecule has 110 valence electrons. The van der Waals surface area contributed by atoms with Gasteiger partial charge in [-0.1, -0.05) is 18.5 Å². The summed E-state index contributed by atoms with van der Waals surface area (Å²) < 4.78 is 22.4. The maximum absolute atomic E-state index is 11.9. The predicted octanol–water partition coefficient (Wildman–Crippen LogP) is 1.84. The van der Waals surface area contributed by atoms with Crippen LogP contribution in [-0.2, 0) is 21.3 Å². The van der Waals surface area contributed by atoms with E-state index >= 15 is 0 Å². The molecule has 7 heteroatoms. The highest BCUT2D eigenvalue weighted by molar-refractivity contribution is 7.84. The lowest BCUT2D eigenvalue weighted by Gasteiger charge is -2.06. The first-order chi connectivity index (χ1) is 9.60. The Kier molecular flexibility index (Phi) is 5.25. The summed E-state index contributed by atoms with van der Waals surface area (Å²) in [6.07, 6.45) is 0.857. The van der Waals surface area contributed by atoms with E-state index in [1.165, 1.54) is 0 Å². The molecular weight excluding hydrogens is 302 g/mol. The van der Waals surface area contributed by atoms with Gasteiger partial charge in [0.05, 0.1) is 5.02 Å². The molecule has 0 aromatic heterocycles. The highest BCUT2D eigenvalue weighted by atomic mass is 35.5. The zero-order valence-electron chi connectivity index (χ0n) is 11.1.